The Morgan fingerprint density at radius 2 is 1.51 bits per heavy atom. The van der Waals surface area contributed by atoms with Crippen LogP contribution in [0.2, 0.25) is 0 Å². The van der Waals surface area contributed by atoms with Gasteiger partial charge >= 0.3 is 19.5 Å². The molecule has 0 radical (unpaired) electrons. The van der Waals surface area contributed by atoms with Crippen molar-refractivity contribution in [2.24, 2.45) is 10.8 Å². The van der Waals surface area contributed by atoms with Crippen LogP contribution in [0.3, 0.4) is 0 Å². The number of nitrogen functional groups attached to an aromatic ring is 2. The molecule has 0 aliphatic carbocycles. The van der Waals surface area contributed by atoms with E-state index >= 15 is 0 Å². The molecule has 194 valence electrons. The summed E-state index contributed by atoms with van der Waals surface area (Å²) in [5, 5.41) is 0. The van der Waals surface area contributed by atoms with Crippen molar-refractivity contribution in [3.05, 3.63) is 18.5 Å². The Bertz CT molecular complexity index is 1100. The molecular weight excluding hydrogens is 479 g/mol. The predicted octanol–water partition coefficient (Wildman–Crippen LogP) is 2.87. The first-order chi connectivity index (χ1) is 16.1. The van der Waals surface area contributed by atoms with Crippen molar-refractivity contribution in [2.75, 3.05) is 31.2 Å². The van der Waals surface area contributed by atoms with E-state index in [1.54, 1.807) is 58.3 Å². The quantitative estimate of drug-likeness (QED) is 0.206. The number of esters is 2. The first-order valence-electron chi connectivity index (χ1n) is 10.7. The summed E-state index contributed by atoms with van der Waals surface area (Å²) < 4.78 is 35.5. The average molecular weight is 513 g/mol. The lowest BCUT2D eigenvalue weighted by Gasteiger charge is -2.21. The lowest BCUT2D eigenvalue weighted by atomic mass is 9.98. The Kier molecular flexibility index (Phi) is 8.99. The summed E-state index contributed by atoms with van der Waals surface area (Å²) in [6.45, 7) is 9.16. The van der Waals surface area contributed by atoms with Gasteiger partial charge in [-0.1, -0.05) is 12.2 Å². The Morgan fingerprint density at radius 3 is 2.03 bits per heavy atom. The van der Waals surface area contributed by atoms with Crippen LogP contribution in [0.4, 0.5) is 11.8 Å². The van der Waals surface area contributed by atoms with Gasteiger partial charge in [-0.25, -0.2) is 4.98 Å². The molecule has 0 atom stereocenters. The maximum atomic E-state index is 13.2. The second kappa shape index (κ2) is 11.1. The minimum atomic E-state index is -3.84. The Hall–Kier alpha value is -3.02. The number of nitrogens with zero attached hydrogens (tertiary/aromatic N) is 4. The normalized spacial score (nSPS) is 12.9. The van der Waals surface area contributed by atoms with Gasteiger partial charge in [-0.2, -0.15) is 9.97 Å². The molecule has 0 unspecified atom stereocenters. The largest absolute Gasteiger partial charge is 0.438 e. The van der Waals surface area contributed by atoms with E-state index in [0.29, 0.717) is 17.7 Å². The molecule has 4 N–H and O–H groups in total. The molecule has 0 spiro atoms. The molecule has 2 aromatic heterocycles. The zero-order valence-electron chi connectivity index (χ0n) is 20.8. The fourth-order valence-electron chi connectivity index (χ4n) is 2.40. The van der Waals surface area contributed by atoms with Gasteiger partial charge in [-0.15, -0.1) is 0 Å². The number of nitrogens with two attached hydrogens (primary N) is 2. The zero-order chi connectivity index (χ0) is 26.4. The zero-order valence-corrected chi connectivity index (χ0v) is 21.7. The van der Waals surface area contributed by atoms with E-state index in [0.717, 1.165) is 0 Å². The number of hydrogen-bond donors (Lipinski definition) is 2. The van der Waals surface area contributed by atoms with Gasteiger partial charge in [0.05, 0.1) is 23.3 Å². The van der Waals surface area contributed by atoms with Gasteiger partial charge < -0.3 is 25.5 Å². The van der Waals surface area contributed by atoms with Gasteiger partial charge in [0, 0.05) is 6.54 Å². The molecule has 14 heteroatoms. The second-order valence-corrected chi connectivity index (χ2v) is 11.8. The number of imidazole rings is 1. The van der Waals surface area contributed by atoms with Gasteiger partial charge in [0.2, 0.25) is 19.5 Å². The summed E-state index contributed by atoms with van der Waals surface area (Å²) in [5.41, 5.74) is 10.8. The summed E-state index contributed by atoms with van der Waals surface area (Å²) in [6.07, 6.45) is 4.57. The van der Waals surface area contributed by atoms with E-state index < -0.39 is 44.0 Å². The number of carbonyl (C=O) groups excluding carboxylic acids is 2. The third-order valence-corrected chi connectivity index (χ3v) is 6.07. The predicted molar refractivity (Wildman–Crippen MR) is 129 cm³/mol. The van der Waals surface area contributed by atoms with Crippen LogP contribution in [0.15, 0.2) is 18.5 Å². The highest BCUT2D eigenvalue weighted by atomic mass is 31.2. The molecule has 0 saturated heterocycles. The van der Waals surface area contributed by atoms with E-state index in [4.69, 9.17) is 30.0 Å². The van der Waals surface area contributed by atoms with Crippen molar-refractivity contribution in [2.45, 2.75) is 48.1 Å². The lowest BCUT2D eigenvalue weighted by molar-refractivity contribution is -0.161. The van der Waals surface area contributed by atoms with Crippen molar-refractivity contribution >= 4 is 42.5 Å². The monoisotopic (exact) mass is 512 g/mol. The number of aromatic nitrogens is 4. The first-order valence-corrected chi connectivity index (χ1v) is 12.5. The standard InChI is InChI=1S/C21H33N6O7P/c1-20(2,3)17(28)31-12-33-35(30,34-13-32-18(29)21(4,5)6)10-8-7-9-27-11-24-14-15(22)25-19(23)26-16(14)27/h7-8,11H,9-10,12-13H2,1-6H3,(H4,22,23,25,26)/b8-7+. The van der Waals surface area contributed by atoms with Crippen LogP contribution in [-0.4, -0.2) is 51.2 Å². The second-order valence-electron chi connectivity index (χ2n) is 9.66. The van der Waals surface area contributed by atoms with Crippen LogP contribution in [0, 0.1) is 10.8 Å². The highest BCUT2D eigenvalue weighted by molar-refractivity contribution is 7.54. The summed E-state index contributed by atoms with van der Waals surface area (Å²) in [6, 6.07) is 0. The number of rotatable bonds is 10. The molecule has 0 aromatic carbocycles. The summed E-state index contributed by atoms with van der Waals surface area (Å²) in [4.78, 5) is 36.1. The third kappa shape index (κ3) is 8.30. The van der Waals surface area contributed by atoms with Gasteiger partial charge in [0.15, 0.2) is 11.5 Å². The van der Waals surface area contributed by atoms with Gasteiger partial charge in [-0.05, 0) is 41.5 Å². The highest BCUT2D eigenvalue weighted by Gasteiger charge is 2.29. The lowest BCUT2D eigenvalue weighted by Crippen LogP contribution is -2.25. The van der Waals surface area contributed by atoms with Crippen molar-refractivity contribution in [1.29, 1.82) is 0 Å². The van der Waals surface area contributed by atoms with Crippen molar-refractivity contribution in [1.82, 2.24) is 19.5 Å². The fourth-order valence-corrected chi connectivity index (χ4v) is 3.52. The molecule has 35 heavy (non-hydrogen) atoms. The van der Waals surface area contributed by atoms with Crippen molar-refractivity contribution in [3.63, 3.8) is 0 Å². The number of hydrogen-bond acceptors (Lipinski definition) is 12. The van der Waals surface area contributed by atoms with Gasteiger partial charge in [0.25, 0.3) is 0 Å². The fraction of sp³-hybridized carbons (Fsp3) is 0.571. The maximum absolute atomic E-state index is 13.2. The Balaban J connectivity index is 2.05. The molecule has 0 bridgehead atoms. The minimum Gasteiger partial charge on any atom is -0.438 e. The number of carbonyl (C=O) groups is 2. The van der Waals surface area contributed by atoms with E-state index in [2.05, 4.69) is 15.0 Å². The van der Waals surface area contributed by atoms with E-state index in [9.17, 15) is 14.2 Å². The van der Waals surface area contributed by atoms with Gasteiger partial charge in [0.1, 0.15) is 5.52 Å². The minimum absolute atomic E-state index is 0.0154. The Labute approximate surface area is 203 Å². The molecule has 2 rings (SSSR count). The smallest absolute Gasteiger partial charge is 0.340 e. The first kappa shape index (κ1) is 28.2. The molecule has 0 saturated carbocycles. The summed E-state index contributed by atoms with van der Waals surface area (Å²) in [5.74, 6) is -0.893. The topological polar surface area (TPSA) is 184 Å². The van der Waals surface area contributed by atoms with E-state index in [1.807, 2.05) is 0 Å². The van der Waals surface area contributed by atoms with Crippen LogP contribution in [-0.2, 0) is 39.2 Å². The number of allylic oxidation sites excluding steroid dienone is 2. The SMILES string of the molecule is CC(C)(C)C(=O)OCOP(=O)(C/C=C/Cn1cnc2c(N)nc(N)nc21)OCOC(=O)C(C)(C)C. The van der Waals surface area contributed by atoms with Crippen molar-refractivity contribution in [3.8, 4) is 0 Å². The van der Waals surface area contributed by atoms with Crippen LogP contribution < -0.4 is 11.5 Å². The summed E-state index contributed by atoms with van der Waals surface area (Å²) in [7, 11) is -3.84. The van der Waals surface area contributed by atoms with Gasteiger partial charge in [-0.3, -0.25) is 23.2 Å². The number of ether oxygens (including phenoxy) is 2. The molecule has 0 amide bonds. The number of anilines is 2. The molecule has 2 aromatic rings. The van der Waals surface area contributed by atoms with Crippen LogP contribution in [0.5, 0.6) is 0 Å². The third-order valence-electron chi connectivity index (χ3n) is 4.41. The van der Waals surface area contributed by atoms with Crippen LogP contribution in [0.1, 0.15) is 41.5 Å². The highest BCUT2D eigenvalue weighted by Crippen LogP contribution is 2.48. The Morgan fingerprint density at radius 1 is 0.971 bits per heavy atom. The molecule has 13 nitrogen and oxygen atoms in total. The number of fused-ring (bicyclic) bond motifs is 1. The molecular formula is C21H33N6O7P. The molecule has 0 fully saturated rings. The summed E-state index contributed by atoms with van der Waals surface area (Å²) >= 11 is 0. The van der Waals surface area contributed by atoms with Crippen LogP contribution >= 0.6 is 7.60 Å². The van der Waals surface area contributed by atoms with E-state index in [1.165, 1.54) is 6.33 Å². The molecule has 0 aliphatic heterocycles. The maximum Gasteiger partial charge on any atom is 0.340 e. The van der Waals surface area contributed by atoms with E-state index in [-0.39, 0.29) is 17.9 Å². The van der Waals surface area contributed by atoms with Crippen molar-refractivity contribution < 1.29 is 32.7 Å². The molecule has 0 aliphatic rings. The molecule has 2 heterocycles. The van der Waals surface area contributed by atoms with Crippen LogP contribution in [0.25, 0.3) is 11.2 Å². The average Bonchev–Trinajstić information content (AvgIpc) is 3.13.